The van der Waals surface area contributed by atoms with Gasteiger partial charge in [-0.15, -0.1) is 0 Å². The molecule has 4 heteroatoms. The van der Waals surface area contributed by atoms with Crippen LogP contribution in [-0.2, 0) is 0 Å². The first-order chi connectivity index (χ1) is 7.84. The molecule has 0 aliphatic carbocycles. The maximum Gasteiger partial charge on any atom is 0.231 e. The van der Waals surface area contributed by atoms with Crippen LogP contribution in [0.25, 0.3) is 0 Å². The highest BCUT2D eigenvalue weighted by molar-refractivity contribution is 5.45. The van der Waals surface area contributed by atoms with Gasteiger partial charge >= 0.3 is 0 Å². The summed E-state index contributed by atoms with van der Waals surface area (Å²) in [6.07, 6.45) is 1.15. The topological polar surface area (TPSA) is 56.5 Å². The van der Waals surface area contributed by atoms with Crippen molar-refractivity contribution in [2.75, 3.05) is 19.9 Å². The van der Waals surface area contributed by atoms with Gasteiger partial charge in [0.15, 0.2) is 11.5 Å². The van der Waals surface area contributed by atoms with E-state index < -0.39 is 0 Å². The first kappa shape index (κ1) is 9.93. The maximum atomic E-state index is 6.26. The van der Waals surface area contributed by atoms with Gasteiger partial charge in [-0.25, -0.2) is 0 Å². The van der Waals surface area contributed by atoms with Crippen molar-refractivity contribution in [2.45, 2.75) is 12.5 Å². The summed E-state index contributed by atoms with van der Waals surface area (Å²) in [6, 6.07) is 6.08. The third kappa shape index (κ3) is 1.64. The Morgan fingerprint density at radius 1 is 1.31 bits per heavy atom. The summed E-state index contributed by atoms with van der Waals surface area (Å²) in [5.74, 6) is 2.17. The first-order valence-electron chi connectivity index (χ1n) is 5.70. The minimum atomic E-state index is 0.0875. The van der Waals surface area contributed by atoms with Crippen molar-refractivity contribution in [3.05, 3.63) is 23.8 Å². The fourth-order valence-corrected chi connectivity index (χ4v) is 2.38. The molecule has 2 heterocycles. The Morgan fingerprint density at radius 2 is 2.19 bits per heavy atom. The van der Waals surface area contributed by atoms with Crippen molar-refractivity contribution >= 4 is 0 Å². The normalized spacial score (nSPS) is 24.7. The lowest BCUT2D eigenvalue weighted by atomic mass is 9.93. The number of benzene rings is 1. The van der Waals surface area contributed by atoms with Crippen LogP contribution in [0.3, 0.4) is 0 Å². The summed E-state index contributed by atoms with van der Waals surface area (Å²) in [6.45, 7) is 2.40. The molecule has 0 radical (unpaired) electrons. The zero-order chi connectivity index (χ0) is 11.0. The summed E-state index contributed by atoms with van der Waals surface area (Å²) in [5.41, 5.74) is 7.39. The monoisotopic (exact) mass is 220 g/mol. The van der Waals surface area contributed by atoms with E-state index in [1.165, 1.54) is 0 Å². The van der Waals surface area contributed by atoms with Crippen LogP contribution < -0.4 is 20.5 Å². The fraction of sp³-hybridized carbons (Fsp3) is 0.500. The van der Waals surface area contributed by atoms with Crippen molar-refractivity contribution < 1.29 is 9.47 Å². The Bertz CT molecular complexity index is 389. The molecule has 4 nitrogen and oxygen atoms in total. The van der Waals surface area contributed by atoms with Crippen LogP contribution in [0.1, 0.15) is 18.0 Å². The van der Waals surface area contributed by atoms with Gasteiger partial charge in [0.1, 0.15) is 0 Å². The smallest absolute Gasteiger partial charge is 0.231 e. The molecular weight excluding hydrogens is 204 g/mol. The lowest BCUT2D eigenvalue weighted by Crippen LogP contribution is -2.23. The SMILES string of the molecule is NC(c1ccc2c(c1)OCO2)C1CCNC1. The zero-order valence-corrected chi connectivity index (χ0v) is 9.11. The second kappa shape index (κ2) is 3.96. The summed E-state index contributed by atoms with van der Waals surface area (Å²) in [5, 5.41) is 3.34. The van der Waals surface area contributed by atoms with Gasteiger partial charge in [0.2, 0.25) is 6.79 Å². The van der Waals surface area contributed by atoms with Crippen LogP contribution in [0.5, 0.6) is 11.5 Å². The summed E-state index contributed by atoms with van der Waals surface area (Å²) in [4.78, 5) is 0. The molecule has 16 heavy (non-hydrogen) atoms. The third-order valence-electron chi connectivity index (χ3n) is 3.39. The standard InChI is InChI=1S/C12H16N2O2/c13-12(9-3-4-14-6-9)8-1-2-10-11(5-8)16-7-15-10/h1-2,5,9,12,14H,3-4,6-7,13H2. The van der Waals surface area contributed by atoms with E-state index in [0.717, 1.165) is 36.6 Å². The molecular formula is C12H16N2O2. The molecule has 3 rings (SSSR count). The first-order valence-corrected chi connectivity index (χ1v) is 5.70. The number of nitrogens with one attached hydrogen (secondary N) is 1. The van der Waals surface area contributed by atoms with E-state index in [-0.39, 0.29) is 6.04 Å². The third-order valence-corrected chi connectivity index (χ3v) is 3.39. The predicted octanol–water partition coefficient (Wildman–Crippen LogP) is 1.02. The van der Waals surface area contributed by atoms with E-state index in [9.17, 15) is 0 Å². The predicted molar refractivity (Wildman–Crippen MR) is 60.5 cm³/mol. The van der Waals surface area contributed by atoms with Gasteiger partial charge in [-0.3, -0.25) is 0 Å². The van der Waals surface area contributed by atoms with Crippen LogP contribution >= 0.6 is 0 Å². The number of rotatable bonds is 2. The van der Waals surface area contributed by atoms with E-state index in [2.05, 4.69) is 5.32 Å². The highest BCUT2D eigenvalue weighted by Crippen LogP contribution is 2.35. The van der Waals surface area contributed by atoms with Crippen LogP contribution in [0.4, 0.5) is 0 Å². The Balaban J connectivity index is 1.83. The number of fused-ring (bicyclic) bond motifs is 1. The van der Waals surface area contributed by atoms with Crippen LogP contribution in [0.15, 0.2) is 18.2 Å². The molecule has 86 valence electrons. The molecule has 2 atom stereocenters. The van der Waals surface area contributed by atoms with Crippen LogP contribution in [0, 0.1) is 5.92 Å². The van der Waals surface area contributed by atoms with E-state index >= 15 is 0 Å². The van der Waals surface area contributed by atoms with E-state index in [1.807, 2.05) is 18.2 Å². The zero-order valence-electron chi connectivity index (χ0n) is 9.11. The molecule has 1 fully saturated rings. The van der Waals surface area contributed by atoms with Crippen molar-refractivity contribution in [3.63, 3.8) is 0 Å². The number of hydrogen-bond donors (Lipinski definition) is 2. The molecule has 2 unspecified atom stereocenters. The Labute approximate surface area is 94.7 Å². The second-order valence-electron chi connectivity index (χ2n) is 4.39. The van der Waals surface area contributed by atoms with Gasteiger partial charge in [-0.2, -0.15) is 0 Å². The second-order valence-corrected chi connectivity index (χ2v) is 4.39. The lowest BCUT2D eigenvalue weighted by Gasteiger charge is -2.18. The average Bonchev–Trinajstić information content (AvgIpc) is 2.98. The largest absolute Gasteiger partial charge is 0.454 e. The van der Waals surface area contributed by atoms with Crippen molar-refractivity contribution in [1.82, 2.24) is 5.32 Å². The van der Waals surface area contributed by atoms with Gasteiger partial charge in [-0.1, -0.05) is 6.07 Å². The van der Waals surface area contributed by atoms with Gasteiger partial charge in [0.25, 0.3) is 0 Å². The molecule has 1 aromatic carbocycles. The van der Waals surface area contributed by atoms with Crippen LogP contribution in [-0.4, -0.2) is 19.9 Å². The van der Waals surface area contributed by atoms with Gasteiger partial charge in [0.05, 0.1) is 0 Å². The van der Waals surface area contributed by atoms with Crippen molar-refractivity contribution in [1.29, 1.82) is 0 Å². The average molecular weight is 220 g/mol. The molecule has 0 bridgehead atoms. The Morgan fingerprint density at radius 3 is 3.00 bits per heavy atom. The minimum Gasteiger partial charge on any atom is -0.454 e. The quantitative estimate of drug-likeness (QED) is 0.781. The van der Waals surface area contributed by atoms with Crippen molar-refractivity contribution in [2.24, 2.45) is 11.7 Å². The summed E-state index contributed by atoms with van der Waals surface area (Å²) >= 11 is 0. The van der Waals surface area contributed by atoms with Crippen LogP contribution in [0.2, 0.25) is 0 Å². The van der Waals surface area contributed by atoms with Crippen molar-refractivity contribution in [3.8, 4) is 11.5 Å². The Hall–Kier alpha value is -1.26. The molecule has 0 spiro atoms. The molecule has 3 N–H and O–H groups in total. The van der Waals surface area contributed by atoms with Gasteiger partial charge in [-0.05, 0) is 43.1 Å². The molecule has 1 aromatic rings. The van der Waals surface area contributed by atoms with E-state index in [4.69, 9.17) is 15.2 Å². The van der Waals surface area contributed by atoms with Gasteiger partial charge in [0, 0.05) is 6.04 Å². The van der Waals surface area contributed by atoms with E-state index in [0.29, 0.717) is 12.7 Å². The molecule has 2 aliphatic heterocycles. The highest BCUT2D eigenvalue weighted by atomic mass is 16.7. The minimum absolute atomic E-state index is 0.0875. The summed E-state index contributed by atoms with van der Waals surface area (Å²) < 4.78 is 10.6. The molecule has 1 saturated heterocycles. The molecule has 2 aliphatic rings. The molecule has 0 saturated carbocycles. The molecule has 0 amide bonds. The van der Waals surface area contributed by atoms with Gasteiger partial charge < -0.3 is 20.5 Å². The highest BCUT2D eigenvalue weighted by Gasteiger charge is 2.24. The lowest BCUT2D eigenvalue weighted by molar-refractivity contribution is 0.174. The number of nitrogens with two attached hydrogens (primary N) is 1. The van der Waals surface area contributed by atoms with E-state index in [1.54, 1.807) is 0 Å². The molecule has 0 aromatic heterocycles. The number of hydrogen-bond acceptors (Lipinski definition) is 4. The summed E-state index contributed by atoms with van der Waals surface area (Å²) in [7, 11) is 0. The number of ether oxygens (including phenoxy) is 2. The Kier molecular flexibility index (Phi) is 2.46. The maximum absolute atomic E-state index is 6.26. The fourth-order valence-electron chi connectivity index (χ4n) is 2.38.